The Labute approximate surface area is 133 Å². The highest BCUT2D eigenvalue weighted by Gasteiger charge is 2.30. The van der Waals surface area contributed by atoms with E-state index in [0.29, 0.717) is 9.79 Å². The molecule has 0 nitrogen and oxygen atoms in total. The number of hydrogen-bond donors (Lipinski definition) is 0. The van der Waals surface area contributed by atoms with Crippen molar-refractivity contribution in [3.63, 3.8) is 0 Å². The van der Waals surface area contributed by atoms with E-state index in [1.54, 1.807) is 12.1 Å². The first-order valence-electron chi connectivity index (χ1n) is 6.61. The first kappa shape index (κ1) is 17.7. The van der Waals surface area contributed by atoms with Gasteiger partial charge in [-0.2, -0.15) is 26.3 Å². The first-order valence-corrected chi connectivity index (χ1v) is 7.43. The average Bonchev–Trinajstić information content (AvgIpc) is 2.40. The second-order valence-corrected chi connectivity index (χ2v) is 5.99. The summed E-state index contributed by atoms with van der Waals surface area (Å²) in [7, 11) is 0. The predicted molar refractivity (Wildman–Crippen MR) is 76.5 cm³/mol. The van der Waals surface area contributed by atoms with Crippen molar-refractivity contribution in [1.29, 1.82) is 0 Å². The van der Waals surface area contributed by atoms with Crippen LogP contribution in [-0.2, 0) is 12.8 Å². The highest BCUT2D eigenvalue weighted by molar-refractivity contribution is 7.99. The Kier molecular flexibility index (Phi) is 5.29. The molecular formula is C16H12F6S. The Bertz CT molecular complexity index is 603. The van der Waals surface area contributed by atoms with Gasteiger partial charge in [0.05, 0.1) is 12.8 Å². The average molecular weight is 350 g/mol. The molecule has 2 aromatic carbocycles. The molecule has 0 unspecified atom stereocenters. The second kappa shape index (κ2) is 6.86. The molecular weight excluding hydrogens is 338 g/mol. The van der Waals surface area contributed by atoms with Crippen LogP contribution in [0.5, 0.6) is 0 Å². The highest BCUT2D eigenvalue weighted by atomic mass is 32.2. The summed E-state index contributed by atoms with van der Waals surface area (Å²) in [6.45, 7) is 0. The normalized spacial score (nSPS) is 12.4. The molecule has 0 aliphatic heterocycles. The van der Waals surface area contributed by atoms with Gasteiger partial charge in [0.25, 0.3) is 0 Å². The van der Waals surface area contributed by atoms with Crippen LogP contribution >= 0.6 is 11.8 Å². The lowest BCUT2D eigenvalue weighted by Gasteiger charge is -2.14. The Hall–Kier alpha value is -1.63. The van der Waals surface area contributed by atoms with Crippen LogP contribution in [-0.4, -0.2) is 12.4 Å². The number of alkyl halides is 6. The van der Waals surface area contributed by atoms with E-state index in [1.165, 1.54) is 36.4 Å². The van der Waals surface area contributed by atoms with Crippen LogP contribution in [0.25, 0.3) is 0 Å². The monoisotopic (exact) mass is 350 g/mol. The standard InChI is InChI=1S/C16H12F6S/c17-15(18,19)9-11-5-1-3-7-13(11)23-14-8-4-2-6-12(14)10-16(20,21)22/h1-8H,9-10H2. The summed E-state index contributed by atoms with van der Waals surface area (Å²) in [5.74, 6) is 0. The van der Waals surface area contributed by atoms with E-state index in [-0.39, 0.29) is 11.1 Å². The molecule has 0 radical (unpaired) electrons. The molecule has 0 N–H and O–H groups in total. The molecule has 124 valence electrons. The molecule has 0 bridgehead atoms. The Morgan fingerprint density at radius 1 is 0.609 bits per heavy atom. The zero-order chi connectivity index (χ0) is 17.1. The van der Waals surface area contributed by atoms with Crippen LogP contribution < -0.4 is 0 Å². The summed E-state index contributed by atoms with van der Waals surface area (Å²) in [6.07, 6.45) is -11.0. The van der Waals surface area contributed by atoms with Crippen LogP contribution in [0.2, 0.25) is 0 Å². The van der Waals surface area contributed by atoms with Crippen molar-refractivity contribution in [2.45, 2.75) is 35.0 Å². The molecule has 2 rings (SSSR count). The van der Waals surface area contributed by atoms with Crippen LogP contribution in [0.1, 0.15) is 11.1 Å². The third-order valence-corrected chi connectivity index (χ3v) is 4.18. The van der Waals surface area contributed by atoms with Gasteiger partial charge in [0, 0.05) is 9.79 Å². The van der Waals surface area contributed by atoms with Gasteiger partial charge in [-0.25, -0.2) is 0 Å². The van der Waals surface area contributed by atoms with Crippen molar-refractivity contribution in [3.8, 4) is 0 Å². The van der Waals surface area contributed by atoms with Gasteiger partial charge in [0.15, 0.2) is 0 Å². The third-order valence-electron chi connectivity index (χ3n) is 2.95. The van der Waals surface area contributed by atoms with Gasteiger partial charge >= 0.3 is 12.4 Å². The molecule has 0 aromatic heterocycles. The van der Waals surface area contributed by atoms with Gasteiger partial charge in [-0.15, -0.1) is 0 Å². The van der Waals surface area contributed by atoms with E-state index in [9.17, 15) is 26.3 Å². The quantitative estimate of drug-likeness (QED) is 0.605. The number of rotatable bonds is 4. The fourth-order valence-electron chi connectivity index (χ4n) is 2.05. The Morgan fingerprint density at radius 3 is 1.30 bits per heavy atom. The molecule has 7 heteroatoms. The zero-order valence-electron chi connectivity index (χ0n) is 11.7. The van der Waals surface area contributed by atoms with Gasteiger partial charge < -0.3 is 0 Å². The fourth-order valence-corrected chi connectivity index (χ4v) is 3.12. The van der Waals surface area contributed by atoms with Crippen molar-refractivity contribution in [3.05, 3.63) is 59.7 Å². The van der Waals surface area contributed by atoms with Crippen LogP contribution in [0.15, 0.2) is 58.3 Å². The maximum absolute atomic E-state index is 12.6. The maximum atomic E-state index is 12.6. The molecule has 0 saturated heterocycles. The van der Waals surface area contributed by atoms with E-state index in [4.69, 9.17) is 0 Å². The third kappa shape index (κ3) is 5.82. The smallest absolute Gasteiger partial charge is 0.171 e. The van der Waals surface area contributed by atoms with Crippen molar-refractivity contribution >= 4 is 11.8 Å². The van der Waals surface area contributed by atoms with Crippen molar-refractivity contribution < 1.29 is 26.3 Å². The number of halogens is 6. The van der Waals surface area contributed by atoms with Crippen molar-refractivity contribution in [2.24, 2.45) is 0 Å². The Balaban J connectivity index is 2.30. The van der Waals surface area contributed by atoms with Gasteiger partial charge in [-0.1, -0.05) is 48.2 Å². The minimum absolute atomic E-state index is 0.0480. The summed E-state index contributed by atoms with van der Waals surface area (Å²) in [5, 5.41) is 0. The molecule has 23 heavy (non-hydrogen) atoms. The van der Waals surface area contributed by atoms with Crippen LogP contribution in [0, 0.1) is 0 Å². The molecule has 0 aliphatic carbocycles. The second-order valence-electron chi connectivity index (χ2n) is 4.90. The molecule has 0 saturated carbocycles. The molecule has 0 heterocycles. The van der Waals surface area contributed by atoms with E-state index in [1.807, 2.05) is 0 Å². The number of hydrogen-bond acceptors (Lipinski definition) is 1. The zero-order valence-corrected chi connectivity index (χ0v) is 12.5. The molecule has 0 amide bonds. The summed E-state index contributed by atoms with van der Waals surface area (Å²) < 4.78 is 75.6. The minimum atomic E-state index is -4.37. The van der Waals surface area contributed by atoms with Crippen molar-refractivity contribution in [2.75, 3.05) is 0 Å². The minimum Gasteiger partial charge on any atom is -0.171 e. The lowest BCUT2D eigenvalue weighted by atomic mass is 10.1. The number of benzene rings is 2. The molecule has 2 aromatic rings. The lowest BCUT2D eigenvalue weighted by molar-refractivity contribution is -0.128. The highest BCUT2D eigenvalue weighted by Crippen LogP contribution is 2.37. The van der Waals surface area contributed by atoms with E-state index >= 15 is 0 Å². The van der Waals surface area contributed by atoms with Gasteiger partial charge in [-0.3, -0.25) is 0 Å². The van der Waals surface area contributed by atoms with Crippen molar-refractivity contribution in [1.82, 2.24) is 0 Å². The summed E-state index contributed by atoms with van der Waals surface area (Å²) in [6, 6.07) is 11.7. The molecule has 0 aliphatic rings. The van der Waals surface area contributed by atoms with Gasteiger partial charge in [0.2, 0.25) is 0 Å². The van der Waals surface area contributed by atoms with E-state index in [0.717, 1.165) is 11.8 Å². The fraction of sp³-hybridized carbons (Fsp3) is 0.250. The summed E-state index contributed by atoms with van der Waals surface area (Å²) in [5.41, 5.74) is 0.0959. The molecule has 0 fully saturated rings. The largest absolute Gasteiger partial charge is 0.393 e. The topological polar surface area (TPSA) is 0 Å². The summed E-state index contributed by atoms with van der Waals surface area (Å²) >= 11 is 0.922. The van der Waals surface area contributed by atoms with Crippen LogP contribution in [0.4, 0.5) is 26.3 Å². The SMILES string of the molecule is FC(F)(F)Cc1ccccc1Sc1ccccc1CC(F)(F)F. The lowest BCUT2D eigenvalue weighted by Crippen LogP contribution is -2.13. The maximum Gasteiger partial charge on any atom is 0.393 e. The molecule has 0 atom stereocenters. The van der Waals surface area contributed by atoms with Gasteiger partial charge in [-0.05, 0) is 23.3 Å². The molecule has 0 spiro atoms. The summed E-state index contributed by atoms with van der Waals surface area (Å²) in [4.78, 5) is 0.610. The Morgan fingerprint density at radius 2 is 0.957 bits per heavy atom. The first-order chi connectivity index (χ1) is 10.6. The van der Waals surface area contributed by atoms with E-state index < -0.39 is 25.2 Å². The van der Waals surface area contributed by atoms with Gasteiger partial charge in [0.1, 0.15) is 0 Å². The predicted octanol–water partition coefficient (Wildman–Crippen LogP) is 6.05. The van der Waals surface area contributed by atoms with Crippen LogP contribution in [0.3, 0.4) is 0 Å². The van der Waals surface area contributed by atoms with E-state index in [2.05, 4.69) is 0 Å².